The molecule has 0 saturated carbocycles. The molecular weight excluding hydrogens is 232 g/mol. The van der Waals surface area contributed by atoms with Crippen LogP contribution < -0.4 is 15.0 Å². The van der Waals surface area contributed by atoms with Crippen molar-refractivity contribution < 1.29 is 14.6 Å². The molecule has 2 atom stereocenters. The maximum Gasteiger partial charge on any atom is 0.245 e. The number of amides is 1. The minimum absolute atomic E-state index is 0.131. The van der Waals surface area contributed by atoms with E-state index in [2.05, 4.69) is 5.32 Å². The summed E-state index contributed by atoms with van der Waals surface area (Å²) >= 11 is 0. The molecule has 18 heavy (non-hydrogen) atoms. The van der Waals surface area contributed by atoms with E-state index in [9.17, 15) is 9.90 Å². The van der Waals surface area contributed by atoms with Crippen LogP contribution in [0, 0.1) is 0 Å². The lowest BCUT2D eigenvalue weighted by molar-refractivity contribution is -0.124. The first-order valence-corrected chi connectivity index (χ1v) is 5.98. The molecule has 5 nitrogen and oxygen atoms in total. The van der Waals surface area contributed by atoms with Gasteiger partial charge in [-0.1, -0.05) is 6.07 Å². The molecule has 0 aromatic heterocycles. The third kappa shape index (κ3) is 2.26. The fourth-order valence-electron chi connectivity index (χ4n) is 2.27. The van der Waals surface area contributed by atoms with E-state index in [1.807, 2.05) is 36.1 Å². The largest absolute Gasteiger partial charge is 0.497 e. The molecule has 0 radical (unpaired) electrons. The molecular formula is C13H18N2O3. The van der Waals surface area contributed by atoms with Crippen molar-refractivity contribution in [3.63, 3.8) is 0 Å². The van der Waals surface area contributed by atoms with Gasteiger partial charge >= 0.3 is 0 Å². The van der Waals surface area contributed by atoms with Gasteiger partial charge in [-0.3, -0.25) is 4.79 Å². The first-order chi connectivity index (χ1) is 8.67. The highest BCUT2D eigenvalue weighted by molar-refractivity contribution is 5.87. The van der Waals surface area contributed by atoms with E-state index in [1.165, 1.54) is 0 Å². The number of ether oxygens (including phenoxy) is 1. The second-order valence-corrected chi connectivity index (χ2v) is 4.40. The van der Waals surface area contributed by atoms with E-state index in [0.717, 1.165) is 11.4 Å². The smallest absolute Gasteiger partial charge is 0.245 e. The zero-order valence-corrected chi connectivity index (χ0v) is 10.6. The molecule has 0 bridgehead atoms. The fourth-order valence-corrected chi connectivity index (χ4v) is 2.27. The SMILES string of the molecule is COc1cccc(N2C(C)CNC(=O)C2CO)c1. The number of nitrogens with zero attached hydrogens (tertiary/aromatic N) is 1. The van der Waals surface area contributed by atoms with E-state index in [0.29, 0.717) is 6.54 Å². The Kier molecular flexibility index (Phi) is 3.72. The molecule has 1 heterocycles. The Morgan fingerprint density at radius 2 is 2.33 bits per heavy atom. The Bertz CT molecular complexity index is 436. The third-order valence-electron chi connectivity index (χ3n) is 3.21. The topological polar surface area (TPSA) is 61.8 Å². The van der Waals surface area contributed by atoms with Crippen LogP contribution in [0.25, 0.3) is 0 Å². The van der Waals surface area contributed by atoms with Crippen LogP contribution in [-0.2, 0) is 4.79 Å². The number of benzene rings is 1. The first kappa shape index (κ1) is 12.7. The van der Waals surface area contributed by atoms with Gasteiger partial charge in [0.15, 0.2) is 0 Å². The molecule has 98 valence electrons. The lowest BCUT2D eigenvalue weighted by atomic mass is 10.1. The molecule has 5 heteroatoms. The second-order valence-electron chi connectivity index (χ2n) is 4.40. The third-order valence-corrected chi connectivity index (χ3v) is 3.21. The Labute approximate surface area is 106 Å². The molecule has 2 N–H and O–H groups in total. The number of methoxy groups -OCH3 is 1. The van der Waals surface area contributed by atoms with E-state index >= 15 is 0 Å². The zero-order chi connectivity index (χ0) is 13.1. The minimum Gasteiger partial charge on any atom is -0.497 e. The van der Waals surface area contributed by atoms with Gasteiger partial charge in [0.2, 0.25) is 5.91 Å². The predicted molar refractivity (Wildman–Crippen MR) is 68.8 cm³/mol. The van der Waals surface area contributed by atoms with Gasteiger partial charge in [0.05, 0.1) is 13.7 Å². The molecule has 0 aliphatic carbocycles. The van der Waals surface area contributed by atoms with Crippen LogP contribution in [0.3, 0.4) is 0 Å². The molecule has 2 unspecified atom stereocenters. The number of anilines is 1. The summed E-state index contributed by atoms with van der Waals surface area (Å²) in [6.45, 7) is 2.39. The van der Waals surface area contributed by atoms with E-state index in [4.69, 9.17) is 4.74 Å². The number of hydrogen-bond acceptors (Lipinski definition) is 4. The highest BCUT2D eigenvalue weighted by atomic mass is 16.5. The minimum atomic E-state index is -0.541. The fraction of sp³-hybridized carbons (Fsp3) is 0.462. The Morgan fingerprint density at radius 1 is 1.56 bits per heavy atom. The van der Waals surface area contributed by atoms with Crippen molar-refractivity contribution in [2.45, 2.75) is 19.0 Å². The molecule has 1 fully saturated rings. The van der Waals surface area contributed by atoms with Crippen LogP contribution in [0.5, 0.6) is 5.75 Å². The van der Waals surface area contributed by atoms with Crippen molar-refractivity contribution in [1.29, 1.82) is 0 Å². The quantitative estimate of drug-likeness (QED) is 0.814. The van der Waals surface area contributed by atoms with Crippen molar-refractivity contribution in [1.82, 2.24) is 5.32 Å². The Morgan fingerprint density at radius 3 is 3.00 bits per heavy atom. The Hall–Kier alpha value is -1.75. The normalized spacial score (nSPS) is 23.7. The van der Waals surface area contributed by atoms with Crippen LogP contribution >= 0.6 is 0 Å². The van der Waals surface area contributed by atoms with Crippen LogP contribution in [0.15, 0.2) is 24.3 Å². The summed E-state index contributed by atoms with van der Waals surface area (Å²) in [4.78, 5) is 13.7. The number of hydrogen-bond donors (Lipinski definition) is 2. The van der Waals surface area contributed by atoms with Crippen LogP contribution in [0.4, 0.5) is 5.69 Å². The lowest BCUT2D eigenvalue weighted by Gasteiger charge is -2.41. The predicted octanol–water partition coefficient (Wildman–Crippen LogP) is 0.381. The number of aliphatic hydroxyl groups excluding tert-OH is 1. The molecule has 1 aromatic carbocycles. The van der Waals surface area contributed by atoms with Crippen molar-refractivity contribution >= 4 is 11.6 Å². The molecule has 1 amide bonds. The van der Waals surface area contributed by atoms with E-state index < -0.39 is 6.04 Å². The molecule has 1 saturated heterocycles. The molecule has 1 aliphatic heterocycles. The molecule has 0 spiro atoms. The summed E-state index contributed by atoms with van der Waals surface area (Å²) in [6, 6.07) is 7.11. The molecule has 1 aromatic rings. The van der Waals surface area contributed by atoms with E-state index in [-0.39, 0.29) is 18.6 Å². The standard InChI is InChI=1S/C13H18N2O3/c1-9-7-14-13(17)12(8-16)15(9)10-4-3-5-11(6-10)18-2/h3-6,9,12,16H,7-8H2,1-2H3,(H,14,17). The van der Waals surface area contributed by atoms with Gasteiger partial charge in [0.25, 0.3) is 0 Å². The zero-order valence-electron chi connectivity index (χ0n) is 10.6. The lowest BCUT2D eigenvalue weighted by Crippen LogP contribution is -2.61. The monoisotopic (exact) mass is 250 g/mol. The van der Waals surface area contributed by atoms with Crippen LogP contribution in [-0.4, -0.2) is 43.4 Å². The maximum absolute atomic E-state index is 11.8. The first-order valence-electron chi connectivity index (χ1n) is 5.98. The highest BCUT2D eigenvalue weighted by Crippen LogP contribution is 2.26. The summed E-state index contributed by atoms with van der Waals surface area (Å²) in [6.07, 6.45) is 0. The summed E-state index contributed by atoms with van der Waals surface area (Å²) in [5.41, 5.74) is 0.885. The Balaban J connectivity index is 2.34. The number of piperazine rings is 1. The van der Waals surface area contributed by atoms with Crippen molar-refractivity contribution in [3.8, 4) is 5.75 Å². The highest BCUT2D eigenvalue weighted by Gasteiger charge is 2.33. The summed E-state index contributed by atoms with van der Waals surface area (Å²) in [5, 5.41) is 12.2. The number of carbonyl (C=O) groups is 1. The number of carbonyl (C=O) groups excluding carboxylic acids is 1. The van der Waals surface area contributed by atoms with Gasteiger partial charge in [0, 0.05) is 24.3 Å². The number of nitrogens with one attached hydrogen (secondary N) is 1. The van der Waals surface area contributed by atoms with Gasteiger partial charge < -0.3 is 20.1 Å². The average Bonchev–Trinajstić information content (AvgIpc) is 2.41. The second kappa shape index (κ2) is 5.27. The van der Waals surface area contributed by atoms with Gasteiger partial charge in [-0.2, -0.15) is 0 Å². The van der Waals surface area contributed by atoms with Gasteiger partial charge in [-0.25, -0.2) is 0 Å². The van der Waals surface area contributed by atoms with Gasteiger partial charge in [-0.05, 0) is 19.1 Å². The van der Waals surface area contributed by atoms with Crippen molar-refractivity contribution in [3.05, 3.63) is 24.3 Å². The van der Waals surface area contributed by atoms with Gasteiger partial charge in [-0.15, -0.1) is 0 Å². The molecule has 2 rings (SSSR count). The summed E-state index contributed by atoms with van der Waals surface area (Å²) in [7, 11) is 1.61. The number of rotatable bonds is 3. The van der Waals surface area contributed by atoms with Crippen molar-refractivity contribution in [2.24, 2.45) is 0 Å². The maximum atomic E-state index is 11.8. The van der Waals surface area contributed by atoms with Gasteiger partial charge in [0.1, 0.15) is 11.8 Å². The average molecular weight is 250 g/mol. The van der Waals surface area contributed by atoms with Crippen LogP contribution in [0.1, 0.15) is 6.92 Å². The van der Waals surface area contributed by atoms with Crippen molar-refractivity contribution in [2.75, 3.05) is 25.2 Å². The molecule has 1 aliphatic rings. The summed E-state index contributed by atoms with van der Waals surface area (Å²) in [5.74, 6) is 0.598. The number of aliphatic hydroxyl groups is 1. The van der Waals surface area contributed by atoms with Crippen LogP contribution in [0.2, 0.25) is 0 Å². The van der Waals surface area contributed by atoms with E-state index in [1.54, 1.807) is 7.11 Å². The summed E-state index contributed by atoms with van der Waals surface area (Å²) < 4.78 is 5.19.